The van der Waals surface area contributed by atoms with Crippen molar-refractivity contribution < 1.29 is 4.74 Å². The molecule has 0 aromatic heterocycles. The van der Waals surface area contributed by atoms with E-state index >= 15 is 0 Å². The summed E-state index contributed by atoms with van der Waals surface area (Å²) in [5, 5.41) is 3.71. The lowest BCUT2D eigenvalue weighted by Gasteiger charge is -2.16. The van der Waals surface area contributed by atoms with E-state index in [4.69, 9.17) is 4.74 Å². The van der Waals surface area contributed by atoms with E-state index in [2.05, 4.69) is 39.4 Å². The summed E-state index contributed by atoms with van der Waals surface area (Å²) in [5.74, 6) is 0.714. The first kappa shape index (κ1) is 11.7. The predicted octanol–water partition coefficient (Wildman–Crippen LogP) is 3.06. The molecule has 1 N–H and O–H groups in total. The number of nitrogens with one attached hydrogen (secondary N) is 1. The molecule has 17 heavy (non-hydrogen) atoms. The molecule has 1 heterocycles. The van der Waals surface area contributed by atoms with Crippen molar-refractivity contribution in [3.63, 3.8) is 0 Å². The summed E-state index contributed by atoms with van der Waals surface area (Å²) in [6.45, 7) is 2.97. The molecular weight excluding hydrogens is 278 g/mol. The smallest absolute Gasteiger partial charge is 0.0507 e. The van der Waals surface area contributed by atoms with E-state index in [1.807, 2.05) is 0 Å². The lowest BCUT2D eigenvalue weighted by Crippen LogP contribution is -2.26. The van der Waals surface area contributed by atoms with Crippen LogP contribution in [0.5, 0.6) is 0 Å². The lowest BCUT2D eigenvalue weighted by atomic mass is 10.1. The van der Waals surface area contributed by atoms with Crippen molar-refractivity contribution in [1.82, 2.24) is 5.32 Å². The summed E-state index contributed by atoms with van der Waals surface area (Å²) in [5.41, 5.74) is 2.98. The standard InChI is InChI=1S/C14H18BrNO/c15-13-3-1-2-12-11(13)4-5-14(12)16-8-10-6-7-17-9-10/h1-3,10,14,16H,4-9H2. The third-order valence-electron chi connectivity index (χ3n) is 3.89. The fourth-order valence-electron chi connectivity index (χ4n) is 2.87. The number of ether oxygens (including phenoxy) is 1. The van der Waals surface area contributed by atoms with Crippen LogP contribution in [0.15, 0.2) is 22.7 Å². The summed E-state index contributed by atoms with van der Waals surface area (Å²) in [4.78, 5) is 0. The molecule has 1 saturated heterocycles. The third-order valence-corrected chi connectivity index (χ3v) is 4.63. The number of hydrogen-bond donors (Lipinski definition) is 1. The van der Waals surface area contributed by atoms with Gasteiger partial charge in [-0.05, 0) is 42.4 Å². The highest BCUT2D eigenvalue weighted by molar-refractivity contribution is 9.10. The van der Waals surface area contributed by atoms with Gasteiger partial charge in [0.2, 0.25) is 0 Å². The van der Waals surface area contributed by atoms with Crippen molar-refractivity contribution in [3.8, 4) is 0 Å². The zero-order valence-corrected chi connectivity index (χ0v) is 11.5. The molecule has 3 heteroatoms. The van der Waals surface area contributed by atoms with Gasteiger partial charge in [0.15, 0.2) is 0 Å². The Morgan fingerprint density at radius 2 is 2.29 bits per heavy atom. The molecule has 0 spiro atoms. The first-order valence-electron chi connectivity index (χ1n) is 6.43. The van der Waals surface area contributed by atoms with Crippen LogP contribution >= 0.6 is 15.9 Å². The Morgan fingerprint density at radius 3 is 3.12 bits per heavy atom. The molecule has 2 nitrogen and oxygen atoms in total. The van der Waals surface area contributed by atoms with Crippen LogP contribution in [0.2, 0.25) is 0 Å². The number of benzene rings is 1. The number of halogens is 1. The fourth-order valence-corrected chi connectivity index (χ4v) is 3.45. The number of hydrogen-bond acceptors (Lipinski definition) is 2. The predicted molar refractivity (Wildman–Crippen MR) is 72.1 cm³/mol. The minimum atomic E-state index is 0.545. The molecule has 92 valence electrons. The van der Waals surface area contributed by atoms with Crippen molar-refractivity contribution in [1.29, 1.82) is 0 Å². The average molecular weight is 296 g/mol. The van der Waals surface area contributed by atoms with Crippen LogP contribution in [0.1, 0.15) is 30.0 Å². The molecule has 2 aliphatic rings. The SMILES string of the molecule is Brc1cccc2c1CCC2NCC1CCOC1. The highest BCUT2D eigenvalue weighted by Gasteiger charge is 2.25. The van der Waals surface area contributed by atoms with Crippen LogP contribution in [0.4, 0.5) is 0 Å². The maximum absolute atomic E-state index is 5.41. The van der Waals surface area contributed by atoms with E-state index in [-0.39, 0.29) is 0 Å². The Bertz CT molecular complexity index is 401. The monoisotopic (exact) mass is 295 g/mol. The van der Waals surface area contributed by atoms with Gasteiger partial charge in [0.25, 0.3) is 0 Å². The normalized spacial score (nSPS) is 27.4. The minimum Gasteiger partial charge on any atom is -0.381 e. The molecule has 2 unspecified atom stereocenters. The van der Waals surface area contributed by atoms with Gasteiger partial charge in [-0.2, -0.15) is 0 Å². The Kier molecular flexibility index (Phi) is 3.50. The van der Waals surface area contributed by atoms with E-state index in [9.17, 15) is 0 Å². The molecule has 2 atom stereocenters. The Labute approximate surface area is 111 Å². The minimum absolute atomic E-state index is 0.545. The maximum Gasteiger partial charge on any atom is 0.0507 e. The second kappa shape index (κ2) is 5.09. The molecule has 1 aliphatic carbocycles. The quantitative estimate of drug-likeness (QED) is 0.925. The first-order valence-corrected chi connectivity index (χ1v) is 7.22. The van der Waals surface area contributed by atoms with Crippen LogP contribution < -0.4 is 5.32 Å². The van der Waals surface area contributed by atoms with Gasteiger partial charge in [-0.25, -0.2) is 0 Å². The van der Waals surface area contributed by atoms with Gasteiger partial charge >= 0.3 is 0 Å². The molecule has 1 fully saturated rings. The van der Waals surface area contributed by atoms with Gasteiger partial charge in [-0.15, -0.1) is 0 Å². The molecule has 1 aliphatic heterocycles. The maximum atomic E-state index is 5.41. The van der Waals surface area contributed by atoms with E-state index in [1.165, 1.54) is 34.9 Å². The molecule has 1 aromatic carbocycles. The van der Waals surface area contributed by atoms with Crippen molar-refractivity contribution in [2.75, 3.05) is 19.8 Å². The van der Waals surface area contributed by atoms with Gasteiger partial charge in [-0.1, -0.05) is 28.1 Å². The molecule has 0 amide bonds. The van der Waals surface area contributed by atoms with E-state index in [0.29, 0.717) is 12.0 Å². The Morgan fingerprint density at radius 1 is 1.35 bits per heavy atom. The summed E-state index contributed by atoms with van der Waals surface area (Å²) >= 11 is 3.64. The largest absolute Gasteiger partial charge is 0.381 e. The van der Waals surface area contributed by atoms with Crippen molar-refractivity contribution >= 4 is 15.9 Å². The topological polar surface area (TPSA) is 21.3 Å². The highest BCUT2D eigenvalue weighted by Crippen LogP contribution is 2.35. The van der Waals surface area contributed by atoms with Crippen molar-refractivity contribution in [3.05, 3.63) is 33.8 Å². The van der Waals surface area contributed by atoms with Gasteiger partial charge in [-0.3, -0.25) is 0 Å². The molecule has 0 saturated carbocycles. The molecule has 1 aromatic rings. The highest BCUT2D eigenvalue weighted by atomic mass is 79.9. The van der Waals surface area contributed by atoms with Gasteiger partial charge in [0.1, 0.15) is 0 Å². The van der Waals surface area contributed by atoms with Crippen molar-refractivity contribution in [2.24, 2.45) is 5.92 Å². The average Bonchev–Trinajstić information content (AvgIpc) is 2.95. The van der Waals surface area contributed by atoms with E-state index in [1.54, 1.807) is 0 Å². The zero-order valence-electron chi connectivity index (χ0n) is 9.92. The second-order valence-corrected chi connectivity index (χ2v) is 5.89. The van der Waals surface area contributed by atoms with Crippen LogP contribution in [0.3, 0.4) is 0 Å². The fraction of sp³-hybridized carbons (Fsp3) is 0.571. The van der Waals surface area contributed by atoms with Gasteiger partial charge in [0.05, 0.1) is 6.61 Å². The summed E-state index contributed by atoms with van der Waals surface area (Å²) in [6, 6.07) is 7.09. The molecule has 0 radical (unpaired) electrons. The summed E-state index contributed by atoms with van der Waals surface area (Å²) in [7, 11) is 0. The van der Waals surface area contributed by atoms with Gasteiger partial charge < -0.3 is 10.1 Å². The Balaban J connectivity index is 1.65. The molecule has 0 bridgehead atoms. The third kappa shape index (κ3) is 2.42. The van der Waals surface area contributed by atoms with Crippen LogP contribution in [-0.2, 0) is 11.2 Å². The van der Waals surface area contributed by atoms with E-state index < -0.39 is 0 Å². The molecule has 3 rings (SSSR count). The van der Waals surface area contributed by atoms with Gasteiger partial charge in [0, 0.05) is 23.7 Å². The first-order chi connectivity index (χ1) is 8.34. The van der Waals surface area contributed by atoms with Crippen LogP contribution in [-0.4, -0.2) is 19.8 Å². The van der Waals surface area contributed by atoms with Crippen molar-refractivity contribution in [2.45, 2.75) is 25.3 Å². The second-order valence-electron chi connectivity index (χ2n) is 5.04. The lowest BCUT2D eigenvalue weighted by molar-refractivity contribution is 0.184. The molecular formula is C14H18BrNO. The summed E-state index contributed by atoms with van der Waals surface area (Å²) < 4.78 is 6.68. The van der Waals surface area contributed by atoms with Crippen LogP contribution in [0.25, 0.3) is 0 Å². The van der Waals surface area contributed by atoms with E-state index in [0.717, 1.165) is 19.8 Å². The number of fused-ring (bicyclic) bond motifs is 1. The summed E-state index contributed by atoms with van der Waals surface area (Å²) in [6.07, 6.45) is 3.63. The van der Waals surface area contributed by atoms with Crippen LogP contribution in [0, 0.1) is 5.92 Å². The Hall–Kier alpha value is -0.380. The zero-order chi connectivity index (χ0) is 11.7. The number of rotatable bonds is 3.